The van der Waals surface area contributed by atoms with Crippen LogP contribution >= 0.6 is 12.2 Å². The summed E-state index contributed by atoms with van der Waals surface area (Å²) in [5, 5.41) is 4.55. The fourth-order valence-electron chi connectivity index (χ4n) is 3.06. The summed E-state index contributed by atoms with van der Waals surface area (Å²) in [7, 11) is 1.63. The van der Waals surface area contributed by atoms with Gasteiger partial charge >= 0.3 is 0 Å². The van der Waals surface area contributed by atoms with E-state index in [0.717, 1.165) is 37.7 Å². The van der Waals surface area contributed by atoms with E-state index < -0.39 is 0 Å². The minimum atomic E-state index is 0.352. The first-order chi connectivity index (χ1) is 13.2. The second-order valence-corrected chi connectivity index (χ2v) is 6.52. The Bertz CT molecular complexity index is 950. The third-order valence-corrected chi connectivity index (χ3v) is 4.78. The quantitative estimate of drug-likeness (QED) is 0.621. The Hall–Kier alpha value is -2.78. The molecular formula is C18H20N6O2S. The van der Waals surface area contributed by atoms with Crippen molar-refractivity contribution in [2.45, 2.75) is 6.67 Å². The van der Waals surface area contributed by atoms with E-state index in [1.807, 2.05) is 30.3 Å². The Labute approximate surface area is 162 Å². The number of hydrogen-bond acceptors (Lipinski definition) is 8. The van der Waals surface area contributed by atoms with Crippen LogP contribution in [0.4, 0.5) is 5.95 Å². The maximum absolute atomic E-state index is 5.70. The minimum Gasteiger partial charge on any atom is -0.496 e. The molecule has 1 aliphatic rings. The molecule has 0 amide bonds. The first kappa shape index (κ1) is 17.6. The molecule has 0 bridgehead atoms. The fourth-order valence-corrected chi connectivity index (χ4v) is 3.24. The highest BCUT2D eigenvalue weighted by Crippen LogP contribution is 2.28. The molecule has 8 nitrogen and oxygen atoms in total. The number of para-hydroxylation sites is 1. The molecular weight excluding hydrogens is 364 g/mol. The average Bonchev–Trinajstić information content (AvgIpc) is 3.09. The first-order valence-electron chi connectivity index (χ1n) is 8.70. The van der Waals surface area contributed by atoms with E-state index in [0.29, 0.717) is 23.1 Å². The third-order valence-electron chi connectivity index (χ3n) is 4.48. The summed E-state index contributed by atoms with van der Waals surface area (Å²) in [5.41, 5.74) is 0.788. The Balaban J connectivity index is 1.44. The summed E-state index contributed by atoms with van der Waals surface area (Å²) < 4.78 is 12.8. The number of hydrogen-bond donors (Lipinski definition) is 0. The smallest absolute Gasteiger partial charge is 0.288 e. The lowest BCUT2D eigenvalue weighted by molar-refractivity contribution is 0.191. The van der Waals surface area contributed by atoms with Gasteiger partial charge in [0.05, 0.1) is 19.3 Å². The van der Waals surface area contributed by atoms with Gasteiger partial charge in [-0.15, -0.1) is 5.10 Å². The van der Waals surface area contributed by atoms with Gasteiger partial charge in [0.15, 0.2) is 0 Å². The molecule has 0 aliphatic carbocycles. The molecule has 2 aromatic heterocycles. The van der Waals surface area contributed by atoms with Gasteiger partial charge in [-0.1, -0.05) is 12.1 Å². The predicted octanol–water partition coefficient (Wildman–Crippen LogP) is 2.45. The van der Waals surface area contributed by atoms with Crippen LogP contribution in [0.25, 0.3) is 11.5 Å². The highest BCUT2D eigenvalue weighted by atomic mass is 32.1. The summed E-state index contributed by atoms with van der Waals surface area (Å²) in [6.07, 6.45) is 3.53. The number of ether oxygens (including phenoxy) is 1. The lowest BCUT2D eigenvalue weighted by atomic mass is 10.2. The Kier molecular flexibility index (Phi) is 5.12. The standard InChI is InChI=1S/C18H20N6O2S/c1-25-15-6-3-2-5-14(15)16-21-24(18(27)26-16)13-22-9-11-23(12-10-22)17-19-7-4-8-20-17/h2-8H,9-13H2,1H3. The molecule has 3 aromatic rings. The molecule has 0 atom stereocenters. The van der Waals surface area contributed by atoms with Gasteiger partial charge in [-0.25, -0.2) is 14.6 Å². The zero-order valence-corrected chi connectivity index (χ0v) is 15.8. The average molecular weight is 384 g/mol. The summed E-state index contributed by atoms with van der Waals surface area (Å²) in [6, 6.07) is 9.43. The topological polar surface area (TPSA) is 72.5 Å². The second-order valence-electron chi connectivity index (χ2n) is 6.17. The predicted molar refractivity (Wildman–Crippen MR) is 103 cm³/mol. The second kappa shape index (κ2) is 7.85. The van der Waals surface area contributed by atoms with Gasteiger partial charge in [0, 0.05) is 38.6 Å². The van der Waals surface area contributed by atoms with Gasteiger partial charge in [0.2, 0.25) is 5.95 Å². The van der Waals surface area contributed by atoms with Crippen LogP contribution in [0.2, 0.25) is 0 Å². The van der Waals surface area contributed by atoms with Crippen LogP contribution in [-0.4, -0.2) is 57.9 Å². The van der Waals surface area contributed by atoms with Gasteiger partial charge < -0.3 is 14.1 Å². The van der Waals surface area contributed by atoms with Crippen molar-refractivity contribution in [3.8, 4) is 17.2 Å². The maximum Gasteiger partial charge on any atom is 0.288 e. The van der Waals surface area contributed by atoms with Crippen LogP contribution in [-0.2, 0) is 6.67 Å². The van der Waals surface area contributed by atoms with Crippen LogP contribution in [0, 0.1) is 4.84 Å². The molecule has 9 heteroatoms. The van der Waals surface area contributed by atoms with Crippen molar-refractivity contribution in [2.24, 2.45) is 0 Å². The molecule has 1 aromatic carbocycles. The molecule has 1 aliphatic heterocycles. The van der Waals surface area contributed by atoms with Crippen molar-refractivity contribution in [2.75, 3.05) is 38.2 Å². The van der Waals surface area contributed by atoms with Gasteiger partial charge in [-0.2, -0.15) is 0 Å². The monoisotopic (exact) mass is 384 g/mol. The molecule has 140 valence electrons. The molecule has 0 N–H and O–H groups in total. The van der Waals surface area contributed by atoms with Crippen molar-refractivity contribution < 1.29 is 9.15 Å². The summed E-state index contributed by atoms with van der Waals surface area (Å²) in [6.45, 7) is 4.04. The first-order valence-corrected chi connectivity index (χ1v) is 9.11. The molecule has 0 radical (unpaired) electrons. The van der Waals surface area contributed by atoms with Crippen molar-refractivity contribution >= 4 is 18.2 Å². The van der Waals surface area contributed by atoms with E-state index in [1.54, 1.807) is 24.2 Å². The molecule has 0 saturated carbocycles. The van der Waals surface area contributed by atoms with Crippen LogP contribution in [0.15, 0.2) is 47.1 Å². The molecule has 1 saturated heterocycles. The zero-order valence-electron chi connectivity index (χ0n) is 15.0. The van der Waals surface area contributed by atoms with Gasteiger partial charge in [-0.3, -0.25) is 4.90 Å². The van der Waals surface area contributed by atoms with E-state index >= 15 is 0 Å². The number of anilines is 1. The molecule has 27 heavy (non-hydrogen) atoms. The van der Waals surface area contributed by atoms with E-state index in [9.17, 15) is 0 Å². The molecule has 1 fully saturated rings. The zero-order chi connectivity index (χ0) is 18.6. The molecule has 3 heterocycles. The summed E-state index contributed by atoms with van der Waals surface area (Å²) in [4.78, 5) is 13.4. The maximum atomic E-state index is 5.70. The van der Waals surface area contributed by atoms with Crippen molar-refractivity contribution in [3.63, 3.8) is 0 Å². The lowest BCUT2D eigenvalue weighted by Crippen LogP contribution is -2.47. The Morgan fingerprint density at radius 2 is 1.81 bits per heavy atom. The SMILES string of the molecule is COc1ccccc1-c1nn(CN2CCN(c3ncccn3)CC2)c(=S)o1. The Morgan fingerprint density at radius 3 is 2.56 bits per heavy atom. The number of piperazine rings is 1. The van der Waals surface area contributed by atoms with E-state index in [4.69, 9.17) is 21.4 Å². The number of rotatable bonds is 5. The molecule has 4 rings (SSSR count). The number of nitrogens with zero attached hydrogens (tertiary/aromatic N) is 6. The number of methoxy groups -OCH3 is 1. The Morgan fingerprint density at radius 1 is 1.07 bits per heavy atom. The normalized spacial score (nSPS) is 15.1. The van der Waals surface area contributed by atoms with Gasteiger partial charge in [0.25, 0.3) is 10.7 Å². The van der Waals surface area contributed by atoms with Crippen molar-refractivity contribution in [3.05, 3.63) is 47.6 Å². The van der Waals surface area contributed by atoms with Gasteiger partial charge in [0.1, 0.15) is 5.75 Å². The van der Waals surface area contributed by atoms with Crippen LogP contribution in [0.5, 0.6) is 5.75 Å². The van der Waals surface area contributed by atoms with E-state index in [2.05, 4.69) is 24.9 Å². The third kappa shape index (κ3) is 3.83. The minimum absolute atomic E-state index is 0.352. The van der Waals surface area contributed by atoms with Crippen molar-refractivity contribution in [1.29, 1.82) is 0 Å². The summed E-state index contributed by atoms with van der Waals surface area (Å²) in [5.74, 6) is 1.94. The van der Waals surface area contributed by atoms with Crippen molar-refractivity contribution in [1.82, 2.24) is 24.6 Å². The number of aromatic nitrogens is 4. The van der Waals surface area contributed by atoms with E-state index in [-0.39, 0.29) is 0 Å². The lowest BCUT2D eigenvalue weighted by Gasteiger charge is -2.34. The molecule has 0 spiro atoms. The highest BCUT2D eigenvalue weighted by molar-refractivity contribution is 7.71. The van der Waals surface area contributed by atoms with Crippen LogP contribution < -0.4 is 9.64 Å². The van der Waals surface area contributed by atoms with E-state index in [1.165, 1.54) is 0 Å². The van der Waals surface area contributed by atoms with Crippen LogP contribution in [0.1, 0.15) is 0 Å². The fraction of sp³-hybridized carbons (Fsp3) is 0.333. The molecule has 0 unspecified atom stereocenters. The van der Waals surface area contributed by atoms with Gasteiger partial charge in [-0.05, 0) is 30.4 Å². The highest BCUT2D eigenvalue weighted by Gasteiger charge is 2.20. The summed E-state index contributed by atoms with van der Waals surface area (Å²) >= 11 is 5.36. The largest absolute Gasteiger partial charge is 0.496 e. The number of benzene rings is 1. The van der Waals surface area contributed by atoms with Crippen LogP contribution in [0.3, 0.4) is 0 Å².